The molecule has 32 heavy (non-hydrogen) atoms. The van der Waals surface area contributed by atoms with E-state index in [1.807, 2.05) is 60.7 Å². The summed E-state index contributed by atoms with van der Waals surface area (Å²) in [4.78, 5) is 38.2. The summed E-state index contributed by atoms with van der Waals surface area (Å²) < 4.78 is 0. The van der Waals surface area contributed by atoms with Gasteiger partial charge >= 0.3 is 0 Å². The second-order valence-electron chi connectivity index (χ2n) is 8.11. The van der Waals surface area contributed by atoms with Crippen LogP contribution in [0.4, 0.5) is 0 Å². The average Bonchev–Trinajstić information content (AvgIpc) is 3.37. The third-order valence-electron chi connectivity index (χ3n) is 5.72. The van der Waals surface area contributed by atoms with Crippen molar-refractivity contribution in [2.45, 2.75) is 50.2 Å². The monoisotopic (exact) mass is 437 g/mol. The smallest absolute Gasteiger partial charge is 0.243 e. The molecule has 0 saturated carbocycles. The Morgan fingerprint density at radius 2 is 1.59 bits per heavy atom. The van der Waals surface area contributed by atoms with E-state index in [4.69, 9.17) is 0 Å². The number of carbonyl (C=O) groups excluding carboxylic acids is 3. The molecule has 3 atom stereocenters. The number of aryl methyl sites for hydroxylation is 1. The number of hydrogen-bond donors (Lipinski definition) is 4. The second kappa shape index (κ2) is 12.1. The Bertz CT molecular complexity index is 883. The van der Waals surface area contributed by atoms with Gasteiger partial charge in [-0.2, -0.15) is 0 Å². The van der Waals surface area contributed by atoms with Crippen molar-refractivity contribution in [2.24, 2.45) is 0 Å². The molecule has 7 heteroatoms. The predicted octanol–water partition coefficient (Wildman–Crippen LogP) is 1.14. The van der Waals surface area contributed by atoms with Crippen molar-refractivity contribution in [3.8, 4) is 0 Å². The molecule has 1 aliphatic rings. The number of rotatable bonds is 11. The maximum Gasteiger partial charge on any atom is 0.243 e. The molecule has 7 nitrogen and oxygen atoms in total. The largest absolute Gasteiger partial charge is 0.389 e. The molecule has 1 saturated heterocycles. The zero-order valence-electron chi connectivity index (χ0n) is 18.1. The molecule has 1 fully saturated rings. The van der Waals surface area contributed by atoms with Gasteiger partial charge in [0, 0.05) is 6.42 Å². The SMILES string of the molecule is O=C(N[C@@H](Cc1ccccc1)C(=O)N[C@@H](CCc1ccccc1)C(=O)CO)C1CCCN1. The molecule has 4 N–H and O–H groups in total. The molecule has 3 rings (SSSR count). The lowest BCUT2D eigenvalue weighted by molar-refractivity contribution is -0.132. The summed E-state index contributed by atoms with van der Waals surface area (Å²) in [6.45, 7) is 0.127. The summed E-state index contributed by atoms with van der Waals surface area (Å²) in [5.41, 5.74) is 1.94. The third-order valence-corrected chi connectivity index (χ3v) is 5.72. The Kier molecular flexibility index (Phi) is 8.95. The Morgan fingerprint density at radius 3 is 2.19 bits per heavy atom. The molecule has 2 aromatic rings. The van der Waals surface area contributed by atoms with Crippen molar-refractivity contribution in [3.63, 3.8) is 0 Å². The number of benzene rings is 2. The normalized spacial score (nSPS) is 17.3. The highest BCUT2D eigenvalue weighted by Gasteiger charge is 2.29. The highest BCUT2D eigenvalue weighted by atomic mass is 16.3. The van der Waals surface area contributed by atoms with E-state index in [-0.39, 0.29) is 11.9 Å². The van der Waals surface area contributed by atoms with Gasteiger partial charge in [-0.15, -0.1) is 0 Å². The minimum atomic E-state index is -0.826. The zero-order chi connectivity index (χ0) is 22.8. The van der Waals surface area contributed by atoms with Crippen LogP contribution in [-0.4, -0.2) is 54.0 Å². The minimum Gasteiger partial charge on any atom is -0.389 e. The summed E-state index contributed by atoms with van der Waals surface area (Å²) in [6, 6.07) is 17.1. The van der Waals surface area contributed by atoms with E-state index >= 15 is 0 Å². The average molecular weight is 438 g/mol. The van der Waals surface area contributed by atoms with E-state index in [2.05, 4.69) is 16.0 Å². The molecule has 0 radical (unpaired) electrons. The van der Waals surface area contributed by atoms with Crippen LogP contribution in [0.3, 0.4) is 0 Å². The van der Waals surface area contributed by atoms with Crippen molar-refractivity contribution in [1.29, 1.82) is 0 Å². The molecule has 0 spiro atoms. The van der Waals surface area contributed by atoms with Gasteiger partial charge in [0.05, 0.1) is 12.1 Å². The van der Waals surface area contributed by atoms with Gasteiger partial charge in [0.2, 0.25) is 11.8 Å². The van der Waals surface area contributed by atoms with Crippen molar-refractivity contribution in [2.75, 3.05) is 13.2 Å². The maximum atomic E-state index is 13.2. The number of aliphatic hydroxyl groups excluding tert-OH is 1. The van der Waals surface area contributed by atoms with Crippen LogP contribution in [-0.2, 0) is 27.2 Å². The first-order chi connectivity index (χ1) is 15.6. The summed E-state index contributed by atoms with van der Waals surface area (Å²) in [5.74, 6) is -1.09. The van der Waals surface area contributed by atoms with Crippen molar-refractivity contribution >= 4 is 17.6 Å². The van der Waals surface area contributed by atoms with Gasteiger partial charge in [0.1, 0.15) is 12.6 Å². The van der Waals surface area contributed by atoms with Gasteiger partial charge in [0.15, 0.2) is 5.78 Å². The molecule has 2 amide bonds. The second-order valence-corrected chi connectivity index (χ2v) is 8.11. The first-order valence-electron chi connectivity index (χ1n) is 11.1. The topological polar surface area (TPSA) is 108 Å². The molecule has 0 bridgehead atoms. The molecule has 1 heterocycles. The van der Waals surface area contributed by atoms with Crippen LogP contribution in [0.25, 0.3) is 0 Å². The maximum absolute atomic E-state index is 13.2. The number of Topliss-reactive ketones (excluding diaryl/α,β-unsaturated/α-hetero) is 1. The van der Waals surface area contributed by atoms with E-state index < -0.39 is 30.4 Å². The number of hydrogen-bond acceptors (Lipinski definition) is 5. The van der Waals surface area contributed by atoms with E-state index in [0.29, 0.717) is 19.3 Å². The first-order valence-corrected chi connectivity index (χ1v) is 11.1. The Hall–Kier alpha value is -3.03. The fourth-order valence-corrected chi connectivity index (χ4v) is 3.89. The van der Waals surface area contributed by atoms with Crippen LogP contribution in [0.5, 0.6) is 0 Å². The van der Waals surface area contributed by atoms with Crippen molar-refractivity contribution in [3.05, 3.63) is 71.8 Å². The molecule has 1 unspecified atom stereocenters. The number of ketones is 1. The van der Waals surface area contributed by atoms with E-state index in [1.165, 1.54) is 0 Å². The lowest BCUT2D eigenvalue weighted by Crippen LogP contribution is -2.55. The highest BCUT2D eigenvalue weighted by molar-refractivity contribution is 5.94. The van der Waals surface area contributed by atoms with Gasteiger partial charge in [-0.1, -0.05) is 60.7 Å². The number of carbonyl (C=O) groups is 3. The van der Waals surface area contributed by atoms with E-state index in [9.17, 15) is 19.5 Å². The predicted molar refractivity (Wildman–Crippen MR) is 122 cm³/mol. The van der Waals surface area contributed by atoms with Crippen molar-refractivity contribution < 1.29 is 19.5 Å². The number of nitrogens with one attached hydrogen (secondary N) is 3. The van der Waals surface area contributed by atoms with Gasteiger partial charge in [-0.3, -0.25) is 14.4 Å². The molecule has 170 valence electrons. The lowest BCUT2D eigenvalue weighted by Gasteiger charge is -2.24. The zero-order valence-corrected chi connectivity index (χ0v) is 18.1. The van der Waals surface area contributed by atoms with E-state index in [1.54, 1.807) is 0 Å². The van der Waals surface area contributed by atoms with Crippen LogP contribution < -0.4 is 16.0 Å². The quantitative estimate of drug-likeness (QED) is 0.422. The molecular weight excluding hydrogens is 406 g/mol. The summed E-state index contributed by atoms with van der Waals surface area (Å²) in [5, 5.41) is 18.2. The fraction of sp³-hybridized carbons (Fsp3) is 0.400. The van der Waals surface area contributed by atoms with Crippen LogP contribution >= 0.6 is 0 Å². The molecule has 2 aromatic carbocycles. The summed E-state index contributed by atoms with van der Waals surface area (Å²) in [7, 11) is 0. The number of amides is 2. The van der Waals surface area contributed by atoms with Crippen LogP contribution in [0.2, 0.25) is 0 Å². The van der Waals surface area contributed by atoms with Crippen LogP contribution in [0.15, 0.2) is 60.7 Å². The first kappa shape index (κ1) is 23.6. The molecule has 0 aromatic heterocycles. The minimum absolute atomic E-state index is 0.215. The summed E-state index contributed by atoms with van der Waals surface area (Å²) in [6.07, 6.45) is 2.91. The Labute approximate surface area is 188 Å². The standard InChI is InChI=1S/C25H31N3O4/c29-17-23(30)20(14-13-18-8-3-1-4-9-18)27-25(32)22(16-19-10-5-2-6-11-19)28-24(31)21-12-7-15-26-21/h1-6,8-11,20-22,26,29H,7,12-17H2,(H,27,32)(H,28,31)/t20-,21?,22-/m0/s1. The molecule has 1 aliphatic heterocycles. The van der Waals surface area contributed by atoms with Crippen LogP contribution in [0.1, 0.15) is 30.4 Å². The third kappa shape index (κ3) is 7.00. The highest BCUT2D eigenvalue weighted by Crippen LogP contribution is 2.10. The van der Waals surface area contributed by atoms with Gasteiger partial charge < -0.3 is 21.1 Å². The van der Waals surface area contributed by atoms with Gasteiger partial charge in [-0.25, -0.2) is 0 Å². The Balaban J connectivity index is 1.69. The lowest BCUT2D eigenvalue weighted by atomic mass is 10.0. The van der Waals surface area contributed by atoms with E-state index in [0.717, 1.165) is 30.5 Å². The van der Waals surface area contributed by atoms with Crippen molar-refractivity contribution in [1.82, 2.24) is 16.0 Å². The Morgan fingerprint density at radius 1 is 0.938 bits per heavy atom. The fourth-order valence-electron chi connectivity index (χ4n) is 3.89. The van der Waals surface area contributed by atoms with Crippen LogP contribution in [0, 0.1) is 0 Å². The molecular formula is C25H31N3O4. The molecule has 0 aliphatic carbocycles. The summed E-state index contributed by atoms with van der Waals surface area (Å²) >= 11 is 0. The number of aliphatic hydroxyl groups is 1. The van der Waals surface area contributed by atoms with Gasteiger partial charge in [0.25, 0.3) is 0 Å². The van der Waals surface area contributed by atoms with Gasteiger partial charge in [-0.05, 0) is 43.4 Å².